The van der Waals surface area contributed by atoms with Gasteiger partial charge in [-0.05, 0) is 47.7 Å². The number of carbonyl (C=O) groups excluding carboxylic acids is 1. The number of hydrogen-bond acceptors (Lipinski definition) is 3. The van der Waals surface area contributed by atoms with Gasteiger partial charge in [0.1, 0.15) is 0 Å². The zero-order valence-electron chi connectivity index (χ0n) is 14.0. The summed E-state index contributed by atoms with van der Waals surface area (Å²) in [4.78, 5) is 28.6. The quantitative estimate of drug-likeness (QED) is 0.774. The van der Waals surface area contributed by atoms with Gasteiger partial charge in [0.25, 0.3) is 5.56 Å². The molecule has 0 fully saturated rings. The number of fused-ring (bicyclic) bond motifs is 2. The summed E-state index contributed by atoms with van der Waals surface area (Å²) in [5.74, 6) is 0.0714. The smallest absolute Gasteiger partial charge is 0.253 e. The van der Waals surface area contributed by atoms with Gasteiger partial charge in [-0.3, -0.25) is 9.59 Å². The molecule has 5 heteroatoms. The standard InChI is InChI=1S/C20H19N3O2/c1-13(24)23-9-8-15-11-17(6-7-19(15)23)21-12-16-10-14-4-2-3-5-18(14)22-20(16)25/h2-7,10-11,21H,8-9,12H2,1H3,(H,22,25). The summed E-state index contributed by atoms with van der Waals surface area (Å²) in [6, 6.07) is 15.7. The number of amides is 1. The van der Waals surface area contributed by atoms with E-state index in [2.05, 4.69) is 16.4 Å². The van der Waals surface area contributed by atoms with Crippen molar-refractivity contribution >= 4 is 28.2 Å². The number of carbonyl (C=O) groups is 1. The summed E-state index contributed by atoms with van der Waals surface area (Å²) in [5.41, 5.74) is 4.57. The fraction of sp³-hybridized carbons (Fsp3) is 0.200. The Morgan fingerprint density at radius 3 is 2.88 bits per heavy atom. The lowest BCUT2D eigenvalue weighted by Crippen LogP contribution is -2.25. The molecule has 1 amide bonds. The Kier molecular flexibility index (Phi) is 3.76. The molecule has 0 unspecified atom stereocenters. The molecule has 2 aromatic carbocycles. The Bertz CT molecular complexity index is 1020. The molecule has 0 bridgehead atoms. The number of benzene rings is 2. The maximum atomic E-state index is 12.2. The highest BCUT2D eigenvalue weighted by Crippen LogP contribution is 2.30. The van der Waals surface area contributed by atoms with Crippen LogP contribution in [0.4, 0.5) is 11.4 Å². The molecule has 0 atom stereocenters. The third-order valence-corrected chi connectivity index (χ3v) is 4.67. The zero-order valence-corrected chi connectivity index (χ0v) is 14.0. The van der Waals surface area contributed by atoms with Crippen molar-refractivity contribution in [2.45, 2.75) is 19.9 Å². The Hall–Kier alpha value is -3.08. The Labute approximate surface area is 145 Å². The van der Waals surface area contributed by atoms with Crippen LogP contribution >= 0.6 is 0 Å². The lowest BCUT2D eigenvalue weighted by atomic mass is 10.1. The van der Waals surface area contributed by atoms with Gasteiger partial charge < -0.3 is 15.2 Å². The van der Waals surface area contributed by atoms with Crippen molar-refractivity contribution in [1.82, 2.24) is 4.98 Å². The predicted molar refractivity (Wildman–Crippen MR) is 100 cm³/mol. The normalized spacial score (nSPS) is 13.1. The fourth-order valence-electron chi connectivity index (χ4n) is 3.36. The number of nitrogens with zero attached hydrogens (tertiary/aromatic N) is 1. The average molecular weight is 333 g/mol. The number of hydrogen-bond donors (Lipinski definition) is 2. The number of aromatic nitrogens is 1. The molecule has 25 heavy (non-hydrogen) atoms. The Morgan fingerprint density at radius 2 is 2.04 bits per heavy atom. The molecule has 0 spiro atoms. The molecule has 126 valence electrons. The number of para-hydroxylation sites is 1. The van der Waals surface area contributed by atoms with Crippen LogP contribution in [0.25, 0.3) is 10.9 Å². The zero-order chi connectivity index (χ0) is 17.4. The second-order valence-electron chi connectivity index (χ2n) is 6.33. The maximum absolute atomic E-state index is 12.2. The first-order valence-corrected chi connectivity index (χ1v) is 8.38. The fourth-order valence-corrected chi connectivity index (χ4v) is 3.36. The van der Waals surface area contributed by atoms with Gasteiger partial charge in [0.15, 0.2) is 0 Å². The summed E-state index contributed by atoms with van der Waals surface area (Å²) >= 11 is 0. The van der Waals surface area contributed by atoms with Crippen molar-refractivity contribution < 1.29 is 4.79 Å². The number of pyridine rings is 1. The molecule has 2 heterocycles. The van der Waals surface area contributed by atoms with E-state index in [-0.39, 0.29) is 11.5 Å². The van der Waals surface area contributed by atoms with Crippen LogP contribution in [0.15, 0.2) is 53.3 Å². The maximum Gasteiger partial charge on any atom is 0.253 e. The molecule has 0 saturated heterocycles. The average Bonchev–Trinajstić information content (AvgIpc) is 3.03. The molecule has 4 rings (SSSR count). The summed E-state index contributed by atoms with van der Waals surface area (Å²) in [6.45, 7) is 2.78. The van der Waals surface area contributed by atoms with Crippen molar-refractivity contribution in [3.63, 3.8) is 0 Å². The van der Waals surface area contributed by atoms with Crippen molar-refractivity contribution in [1.29, 1.82) is 0 Å². The molecule has 0 aliphatic carbocycles. The highest BCUT2D eigenvalue weighted by atomic mass is 16.2. The lowest BCUT2D eigenvalue weighted by Gasteiger charge is -2.15. The molecule has 3 aromatic rings. The molecule has 5 nitrogen and oxygen atoms in total. The van der Waals surface area contributed by atoms with E-state index in [9.17, 15) is 9.59 Å². The Morgan fingerprint density at radius 1 is 1.20 bits per heavy atom. The number of aromatic amines is 1. The minimum Gasteiger partial charge on any atom is -0.381 e. The molecule has 1 aliphatic heterocycles. The van der Waals surface area contributed by atoms with Crippen LogP contribution in [0.5, 0.6) is 0 Å². The van der Waals surface area contributed by atoms with Crippen LogP contribution < -0.4 is 15.8 Å². The van der Waals surface area contributed by atoms with Crippen LogP contribution in [0.2, 0.25) is 0 Å². The first kappa shape index (κ1) is 15.4. The molecular formula is C20H19N3O2. The van der Waals surface area contributed by atoms with Gasteiger partial charge in [-0.2, -0.15) is 0 Å². The molecule has 0 radical (unpaired) electrons. The minimum absolute atomic E-state index is 0.0714. The van der Waals surface area contributed by atoms with E-state index in [0.29, 0.717) is 12.1 Å². The number of nitrogens with one attached hydrogen (secondary N) is 2. The van der Waals surface area contributed by atoms with Crippen molar-refractivity contribution in [3.05, 3.63) is 70.0 Å². The molecule has 1 aromatic heterocycles. The number of H-pyrrole nitrogens is 1. The van der Waals surface area contributed by atoms with Crippen LogP contribution in [-0.4, -0.2) is 17.4 Å². The molecular weight excluding hydrogens is 314 g/mol. The van der Waals surface area contributed by atoms with Gasteiger partial charge in [0.2, 0.25) is 5.91 Å². The number of anilines is 2. The second-order valence-corrected chi connectivity index (χ2v) is 6.33. The van der Waals surface area contributed by atoms with Crippen LogP contribution in [0, 0.1) is 0 Å². The summed E-state index contributed by atoms with van der Waals surface area (Å²) in [5, 5.41) is 4.34. The monoisotopic (exact) mass is 333 g/mol. The van der Waals surface area contributed by atoms with E-state index in [1.54, 1.807) is 11.8 Å². The van der Waals surface area contributed by atoms with Gasteiger partial charge in [-0.1, -0.05) is 18.2 Å². The van der Waals surface area contributed by atoms with Gasteiger partial charge in [-0.15, -0.1) is 0 Å². The van der Waals surface area contributed by atoms with Crippen LogP contribution in [-0.2, 0) is 17.8 Å². The van der Waals surface area contributed by atoms with Crippen LogP contribution in [0.1, 0.15) is 18.1 Å². The summed E-state index contributed by atoms with van der Waals surface area (Å²) in [7, 11) is 0. The SMILES string of the molecule is CC(=O)N1CCc2cc(NCc3cc4ccccc4[nH]c3=O)ccc21. The van der Waals surface area contributed by atoms with Crippen LogP contribution in [0.3, 0.4) is 0 Å². The largest absolute Gasteiger partial charge is 0.381 e. The first-order valence-electron chi connectivity index (χ1n) is 8.38. The van der Waals surface area contributed by atoms with E-state index in [0.717, 1.165) is 40.8 Å². The second kappa shape index (κ2) is 6.09. The van der Waals surface area contributed by atoms with E-state index >= 15 is 0 Å². The predicted octanol–water partition coefficient (Wildman–Crippen LogP) is 3.05. The highest BCUT2D eigenvalue weighted by molar-refractivity contribution is 5.94. The molecule has 0 saturated carbocycles. The third-order valence-electron chi connectivity index (χ3n) is 4.67. The summed E-state index contributed by atoms with van der Waals surface area (Å²) < 4.78 is 0. The van der Waals surface area contributed by atoms with E-state index in [1.807, 2.05) is 42.5 Å². The van der Waals surface area contributed by atoms with Gasteiger partial charge >= 0.3 is 0 Å². The van der Waals surface area contributed by atoms with E-state index < -0.39 is 0 Å². The molecule has 2 N–H and O–H groups in total. The van der Waals surface area contributed by atoms with Crippen molar-refractivity contribution in [2.24, 2.45) is 0 Å². The summed E-state index contributed by atoms with van der Waals surface area (Å²) in [6.07, 6.45) is 0.862. The first-order chi connectivity index (χ1) is 12.1. The Balaban J connectivity index is 1.55. The van der Waals surface area contributed by atoms with E-state index in [1.165, 1.54) is 0 Å². The topological polar surface area (TPSA) is 65.2 Å². The third kappa shape index (κ3) is 2.89. The van der Waals surface area contributed by atoms with Crippen molar-refractivity contribution in [3.8, 4) is 0 Å². The number of rotatable bonds is 3. The minimum atomic E-state index is -0.0740. The van der Waals surface area contributed by atoms with Crippen molar-refractivity contribution in [2.75, 3.05) is 16.8 Å². The lowest BCUT2D eigenvalue weighted by molar-refractivity contribution is -0.116. The van der Waals surface area contributed by atoms with Gasteiger partial charge in [0, 0.05) is 42.5 Å². The van der Waals surface area contributed by atoms with Gasteiger partial charge in [0.05, 0.1) is 0 Å². The van der Waals surface area contributed by atoms with Gasteiger partial charge in [-0.25, -0.2) is 0 Å². The molecule has 1 aliphatic rings. The van der Waals surface area contributed by atoms with E-state index in [4.69, 9.17) is 0 Å². The highest BCUT2D eigenvalue weighted by Gasteiger charge is 2.22.